The van der Waals surface area contributed by atoms with E-state index in [9.17, 15) is 0 Å². The van der Waals surface area contributed by atoms with Crippen LogP contribution in [0.4, 0.5) is 0 Å². The molecule has 0 saturated carbocycles. The van der Waals surface area contributed by atoms with Gasteiger partial charge in [-0.3, -0.25) is 0 Å². The zero-order valence-electron chi connectivity index (χ0n) is 4.73. The molecule has 0 aromatic rings. The van der Waals surface area contributed by atoms with Crippen LogP contribution in [-0.2, 0) is 0 Å². The molecular weight excluding hydrogens is 103 g/mol. The van der Waals surface area contributed by atoms with Crippen molar-refractivity contribution < 1.29 is 0 Å². The van der Waals surface area contributed by atoms with E-state index in [1.165, 1.54) is 6.42 Å². The maximum Gasteiger partial charge on any atom is 0 e. The van der Waals surface area contributed by atoms with Gasteiger partial charge >= 0.3 is 0 Å². The average molecular weight is 113 g/mol. The van der Waals surface area contributed by atoms with Gasteiger partial charge in [-0.2, -0.15) is 12.6 Å². The largest absolute Gasteiger partial charge is 0.176 e. The Bertz CT molecular complexity index is 21.5. The molecule has 0 aliphatic carbocycles. The Morgan fingerprint density at radius 2 is 1.83 bits per heavy atom. The molecule has 0 heterocycles. The molecule has 2 heteroatoms. The van der Waals surface area contributed by atoms with Gasteiger partial charge in [0.05, 0.1) is 0 Å². The second-order valence-corrected chi connectivity index (χ2v) is 2.14. The predicted octanol–water partition coefficient (Wildman–Crippen LogP) is 1.33. The molecule has 0 bridgehead atoms. The Morgan fingerprint density at radius 3 is 1.83 bits per heavy atom. The van der Waals surface area contributed by atoms with Gasteiger partial charge in [-0.05, 0) is 11.7 Å². The summed E-state index contributed by atoms with van der Waals surface area (Å²) in [5, 5.41) is 0.579. The van der Waals surface area contributed by atoms with E-state index in [0.717, 1.165) is 0 Å². The first-order valence-electron chi connectivity index (χ1n) is 1.95. The van der Waals surface area contributed by atoms with Gasteiger partial charge in [-0.25, -0.2) is 0 Å². The molecule has 0 aliphatic rings. The summed E-state index contributed by atoms with van der Waals surface area (Å²) in [5.74, 6) is 0. The van der Waals surface area contributed by atoms with E-state index in [4.69, 9.17) is 0 Å². The number of hydrogen-bond donors (Lipinski definition) is 1. The molecule has 1 unspecified atom stereocenters. The van der Waals surface area contributed by atoms with E-state index in [1.54, 1.807) is 0 Å². The van der Waals surface area contributed by atoms with Gasteiger partial charge in [0.25, 0.3) is 0 Å². The molecule has 0 fully saturated rings. The predicted molar refractivity (Wildman–Crippen MR) is 34.5 cm³/mol. The van der Waals surface area contributed by atoms with Crippen LogP contribution >= 0.6 is 12.6 Å². The molecule has 6 heavy (non-hydrogen) atoms. The number of rotatable bonds is 1. The first-order chi connectivity index (χ1) is 2.27. The van der Waals surface area contributed by atoms with Crippen LogP contribution in [0.5, 0.6) is 0 Å². The van der Waals surface area contributed by atoms with Crippen molar-refractivity contribution in [3.63, 3.8) is 0 Å². The molecular formula is C4H10NaS. The molecule has 1 atom stereocenters. The van der Waals surface area contributed by atoms with Crippen molar-refractivity contribution in [3.8, 4) is 0 Å². The van der Waals surface area contributed by atoms with Crippen LogP contribution < -0.4 is 0 Å². The van der Waals surface area contributed by atoms with Crippen molar-refractivity contribution in [3.05, 3.63) is 0 Å². The van der Waals surface area contributed by atoms with E-state index in [1.807, 2.05) is 0 Å². The minimum absolute atomic E-state index is 0. The fourth-order valence-electron chi connectivity index (χ4n) is 0. The Kier molecular flexibility index (Phi) is 11.0. The van der Waals surface area contributed by atoms with Gasteiger partial charge in [0.15, 0.2) is 0 Å². The Balaban J connectivity index is 0. The first-order valence-corrected chi connectivity index (χ1v) is 2.47. The molecule has 0 rings (SSSR count). The summed E-state index contributed by atoms with van der Waals surface area (Å²) in [6, 6.07) is 0. The topological polar surface area (TPSA) is 0 Å². The van der Waals surface area contributed by atoms with Crippen LogP contribution in [0.25, 0.3) is 0 Å². The van der Waals surface area contributed by atoms with Crippen molar-refractivity contribution in [1.29, 1.82) is 0 Å². The molecule has 0 N–H and O–H groups in total. The van der Waals surface area contributed by atoms with Crippen LogP contribution in [0, 0.1) is 0 Å². The molecule has 0 aliphatic heterocycles. The van der Waals surface area contributed by atoms with E-state index in [-0.39, 0.29) is 29.6 Å². The number of hydrogen-bond acceptors (Lipinski definition) is 1. The molecule has 33 valence electrons. The standard InChI is InChI=1S/C4H10S.Na/c1-3-4(2)5;/h4-5H,3H2,1-2H3;. The maximum absolute atomic E-state index is 4.10. The first kappa shape index (κ1) is 10.4. The van der Waals surface area contributed by atoms with Crippen LogP contribution in [0.15, 0.2) is 0 Å². The van der Waals surface area contributed by atoms with Crippen LogP contribution in [0.1, 0.15) is 20.3 Å². The van der Waals surface area contributed by atoms with E-state index in [0.29, 0.717) is 5.25 Å². The molecule has 0 aromatic heterocycles. The van der Waals surface area contributed by atoms with Gasteiger partial charge in [0.2, 0.25) is 0 Å². The molecule has 0 saturated heterocycles. The fraction of sp³-hybridized carbons (Fsp3) is 1.00. The van der Waals surface area contributed by atoms with E-state index in [2.05, 4.69) is 26.5 Å². The second kappa shape index (κ2) is 6.35. The van der Waals surface area contributed by atoms with Crippen LogP contribution in [-0.4, -0.2) is 34.8 Å². The monoisotopic (exact) mass is 113 g/mol. The number of thiol groups is 1. The summed E-state index contributed by atoms with van der Waals surface area (Å²) >= 11 is 4.10. The summed E-state index contributed by atoms with van der Waals surface area (Å²) in [7, 11) is 0. The quantitative estimate of drug-likeness (QED) is 0.385. The van der Waals surface area contributed by atoms with Crippen molar-refractivity contribution in [1.82, 2.24) is 0 Å². The fourth-order valence-corrected chi connectivity index (χ4v) is 0. The van der Waals surface area contributed by atoms with Crippen molar-refractivity contribution in [2.75, 3.05) is 0 Å². The van der Waals surface area contributed by atoms with Crippen molar-refractivity contribution >= 4 is 42.2 Å². The van der Waals surface area contributed by atoms with E-state index >= 15 is 0 Å². The zero-order chi connectivity index (χ0) is 4.28. The average Bonchev–Trinajstić information content (AvgIpc) is 1.38. The summed E-state index contributed by atoms with van der Waals surface area (Å²) in [4.78, 5) is 0. The minimum Gasteiger partial charge on any atom is -0.176 e. The summed E-state index contributed by atoms with van der Waals surface area (Å²) in [6.45, 7) is 4.21. The van der Waals surface area contributed by atoms with E-state index < -0.39 is 0 Å². The van der Waals surface area contributed by atoms with Crippen LogP contribution in [0.2, 0.25) is 0 Å². The van der Waals surface area contributed by atoms with Gasteiger partial charge in [0, 0.05) is 29.6 Å². The third-order valence-electron chi connectivity index (χ3n) is 0.591. The summed E-state index contributed by atoms with van der Waals surface area (Å²) < 4.78 is 0. The SMILES string of the molecule is CCC(C)S.[Na]. The van der Waals surface area contributed by atoms with Gasteiger partial charge < -0.3 is 0 Å². The summed E-state index contributed by atoms with van der Waals surface area (Å²) in [5.41, 5.74) is 0. The maximum atomic E-state index is 4.10. The molecule has 1 radical (unpaired) electrons. The van der Waals surface area contributed by atoms with Crippen LogP contribution in [0.3, 0.4) is 0 Å². The Morgan fingerprint density at radius 1 is 1.67 bits per heavy atom. The minimum atomic E-state index is 0. The van der Waals surface area contributed by atoms with Gasteiger partial charge in [-0.1, -0.05) is 13.8 Å². The normalized spacial score (nSPS) is 12.5. The van der Waals surface area contributed by atoms with Gasteiger partial charge in [0.1, 0.15) is 0 Å². The molecule has 0 nitrogen and oxygen atoms in total. The van der Waals surface area contributed by atoms with Crippen molar-refractivity contribution in [2.45, 2.75) is 25.5 Å². The van der Waals surface area contributed by atoms with Gasteiger partial charge in [-0.15, -0.1) is 0 Å². The smallest absolute Gasteiger partial charge is 0 e. The third kappa shape index (κ3) is 9.02. The molecule has 0 spiro atoms. The molecule has 0 amide bonds. The van der Waals surface area contributed by atoms with Crippen molar-refractivity contribution in [2.24, 2.45) is 0 Å². The summed E-state index contributed by atoms with van der Waals surface area (Å²) in [6.07, 6.45) is 1.17. The third-order valence-corrected chi connectivity index (χ3v) is 0.956. The Hall–Kier alpha value is 1.35. The zero-order valence-corrected chi connectivity index (χ0v) is 7.63. The Labute approximate surface area is 67.4 Å². The molecule has 0 aromatic carbocycles. The second-order valence-electron chi connectivity index (χ2n) is 1.26.